The summed E-state index contributed by atoms with van der Waals surface area (Å²) in [4.78, 5) is 4.69. The van der Waals surface area contributed by atoms with Gasteiger partial charge in [-0.15, -0.1) is 0 Å². The second-order valence-electron chi connectivity index (χ2n) is 12.4. The molecule has 0 aliphatic heterocycles. The molecule has 0 aliphatic carbocycles. The van der Waals surface area contributed by atoms with Crippen molar-refractivity contribution in [2.75, 3.05) is 9.80 Å². The van der Waals surface area contributed by atoms with E-state index >= 15 is 0 Å². The lowest BCUT2D eigenvalue weighted by Crippen LogP contribution is -2.10. The van der Waals surface area contributed by atoms with Crippen molar-refractivity contribution >= 4 is 61.2 Å². The molecule has 2 nitrogen and oxygen atoms in total. The van der Waals surface area contributed by atoms with Crippen LogP contribution < -0.4 is 9.80 Å². The van der Waals surface area contributed by atoms with E-state index in [-0.39, 0.29) is 0 Å². The molecule has 0 amide bonds. The van der Waals surface area contributed by atoms with Crippen LogP contribution in [-0.4, -0.2) is 0 Å². The van der Waals surface area contributed by atoms with Crippen molar-refractivity contribution in [3.05, 3.63) is 200 Å². The van der Waals surface area contributed by atoms with Gasteiger partial charge in [0, 0.05) is 33.5 Å². The highest BCUT2D eigenvalue weighted by Gasteiger charge is 2.17. The molecular formula is C47H36N2. The first kappa shape index (κ1) is 30.0. The van der Waals surface area contributed by atoms with Gasteiger partial charge in [0.25, 0.3) is 0 Å². The quantitative estimate of drug-likeness (QED) is 0.165. The Balaban J connectivity index is 1.16. The fourth-order valence-corrected chi connectivity index (χ4v) is 6.74. The molecule has 0 radical (unpaired) electrons. The number of benzene rings is 8. The smallest absolute Gasteiger partial charge is 0.0540 e. The predicted octanol–water partition coefficient (Wildman–Crippen LogP) is 13.6. The molecule has 2 heteroatoms. The summed E-state index contributed by atoms with van der Waals surface area (Å²) >= 11 is 0. The molecule has 0 bridgehead atoms. The van der Waals surface area contributed by atoms with Crippen LogP contribution in [-0.2, 0) is 0 Å². The summed E-state index contributed by atoms with van der Waals surface area (Å²) in [5.74, 6) is 0. The maximum atomic E-state index is 4.14. The highest BCUT2D eigenvalue weighted by molar-refractivity contribution is 6.00. The predicted molar refractivity (Wildman–Crippen MR) is 211 cm³/mol. The summed E-state index contributed by atoms with van der Waals surface area (Å²) in [6, 6.07) is 67.3. The Bertz CT molecular complexity index is 2380. The number of rotatable bonds is 8. The standard InChI is InChI=1S/C47H36N2/c1-34(2)35-22-28-41(29-23-35)49(47-21-11-15-39-13-7-9-19-45(39)47)43-32-26-37(27-33-43)36-24-30-42(31-25-36)48(40-16-4-3-5-17-40)46-20-10-14-38-12-6-8-18-44(38)46/h3-33H,1H2,2H3. The first-order chi connectivity index (χ1) is 24.1. The van der Waals surface area contributed by atoms with Gasteiger partial charge in [0.2, 0.25) is 0 Å². The Morgan fingerprint density at radius 2 is 0.735 bits per heavy atom. The number of hydrogen-bond donors (Lipinski definition) is 0. The number of nitrogens with zero attached hydrogens (tertiary/aromatic N) is 2. The highest BCUT2D eigenvalue weighted by Crippen LogP contribution is 2.41. The van der Waals surface area contributed by atoms with Crippen LogP contribution in [0.3, 0.4) is 0 Å². The highest BCUT2D eigenvalue weighted by atomic mass is 15.1. The van der Waals surface area contributed by atoms with Crippen molar-refractivity contribution in [2.24, 2.45) is 0 Å². The zero-order chi connectivity index (χ0) is 33.2. The third kappa shape index (κ3) is 5.86. The molecule has 234 valence electrons. The molecule has 8 aromatic carbocycles. The number of allylic oxidation sites excluding steroid dienone is 1. The minimum Gasteiger partial charge on any atom is -0.310 e. The van der Waals surface area contributed by atoms with Gasteiger partial charge in [-0.25, -0.2) is 0 Å². The molecular weight excluding hydrogens is 593 g/mol. The Hall–Kier alpha value is -6.38. The monoisotopic (exact) mass is 628 g/mol. The Morgan fingerprint density at radius 1 is 0.367 bits per heavy atom. The Labute approximate surface area is 288 Å². The number of para-hydroxylation sites is 1. The van der Waals surface area contributed by atoms with Gasteiger partial charge < -0.3 is 9.80 Å². The van der Waals surface area contributed by atoms with E-state index in [2.05, 4.69) is 204 Å². The summed E-state index contributed by atoms with van der Waals surface area (Å²) in [6.07, 6.45) is 0. The van der Waals surface area contributed by atoms with E-state index < -0.39 is 0 Å². The normalized spacial score (nSPS) is 11.0. The van der Waals surface area contributed by atoms with Gasteiger partial charge in [-0.2, -0.15) is 0 Å². The zero-order valence-corrected chi connectivity index (χ0v) is 27.5. The van der Waals surface area contributed by atoms with Crippen molar-refractivity contribution in [1.82, 2.24) is 0 Å². The maximum Gasteiger partial charge on any atom is 0.0540 e. The van der Waals surface area contributed by atoms with E-state index in [1.807, 2.05) is 6.92 Å². The third-order valence-electron chi connectivity index (χ3n) is 9.23. The van der Waals surface area contributed by atoms with E-state index in [4.69, 9.17) is 0 Å². The molecule has 0 saturated heterocycles. The van der Waals surface area contributed by atoms with Crippen molar-refractivity contribution < 1.29 is 0 Å². The van der Waals surface area contributed by atoms with E-state index in [1.165, 1.54) is 32.7 Å². The Morgan fingerprint density at radius 3 is 1.18 bits per heavy atom. The zero-order valence-electron chi connectivity index (χ0n) is 27.5. The van der Waals surface area contributed by atoms with E-state index in [1.54, 1.807) is 0 Å². The molecule has 8 rings (SSSR count). The molecule has 0 aliphatic rings. The van der Waals surface area contributed by atoms with Gasteiger partial charge in [-0.05, 0) is 95.1 Å². The SMILES string of the molecule is C=C(C)c1ccc(N(c2ccc(-c3ccc(N(c4ccccc4)c4cccc5ccccc45)cc3)cc2)c2cccc3ccccc23)cc1. The van der Waals surface area contributed by atoms with Gasteiger partial charge in [0.05, 0.1) is 11.4 Å². The first-order valence-corrected chi connectivity index (χ1v) is 16.7. The molecule has 8 aromatic rings. The lowest BCUT2D eigenvalue weighted by atomic mass is 10.0. The largest absolute Gasteiger partial charge is 0.310 e. The van der Waals surface area contributed by atoms with Crippen LogP contribution in [0.5, 0.6) is 0 Å². The van der Waals surface area contributed by atoms with Crippen LogP contribution in [0.2, 0.25) is 0 Å². The van der Waals surface area contributed by atoms with Gasteiger partial charge in [0.1, 0.15) is 0 Å². The second kappa shape index (κ2) is 13.0. The van der Waals surface area contributed by atoms with Crippen molar-refractivity contribution in [3.63, 3.8) is 0 Å². The molecule has 0 atom stereocenters. The van der Waals surface area contributed by atoms with Crippen LogP contribution in [0, 0.1) is 0 Å². The molecule has 0 N–H and O–H groups in total. The lowest BCUT2D eigenvalue weighted by Gasteiger charge is -2.27. The topological polar surface area (TPSA) is 6.48 Å². The lowest BCUT2D eigenvalue weighted by molar-refractivity contribution is 1.29. The van der Waals surface area contributed by atoms with Crippen molar-refractivity contribution in [3.8, 4) is 11.1 Å². The molecule has 0 aromatic heterocycles. The van der Waals surface area contributed by atoms with E-state index in [0.29, 0.717) is 0 Å². The molecule has 0 saturated carbocycles. The van der Waals surface area contributed by atoms with Crippen LogP contribution in [0.1, 0.15) is 12.5 Å². The molecule has 0 fully saturated rings. The average molecular weight is 629 g/mol. The Kier molecular flexibility index (Phi) is 7.97. The molecule has 0 spiro atoms. The van der Waals surface area contributed by atoms with Gasteiger partial charge in [-0.1, -0.05) is 140 Å². The van der Waals surface area contributed by atoms with Crippen LogP contribution in [0.15, 0.2) is 195 Å². The summed E-state index contributed by atoms with van der Waals surface area (Å²) < 4.78 is 0. The number of hydrogen-bond acceptors (Lipinski definition) is 2. The maximum absolute atomic E-state index is 4.14. The number of anilines is 6. The summed E-state index contributed by atoms with van der Waals surface area (Å²) in [7, 11) is 0. The average Bonchev–Trinajstić information content (AvgIpc) is 3.16. The third-order valence-corrected chi connectivity index (χ3v) is 9.23. The minimum atomic E-state index is 1.06. The second-order valence-corrected chi connectivity index (χ2v) is 12.4. The fraction of sp³-hybridized carbons (Fsp3) is 0.0213. The summed E-state index contributed by atoms with van der Waals surface area (Å²) in [5, 5.41) is 4.87. The van der Waals surface area contributed by atoms with Gasteiger partial charge >= 0.3 is 0 Å². The van der Waals surface area contributed by atoms with Crippen molar-refractivity contribution in [2.45, 2.75) is 6.92 Å². The summed E-state index contributed by atoms with van der Waals surface area (Å²) in [6.45, 7) is 6.18. The van der Waals surface area contributed by atoms with Crippen LogP contribution >= 0.6 is 0 Å². The van der Waals surface area contributed by atoms with E-state index in [0.717, 1.165) is 45.3 Å². The fourth-order valence-electron chi connectivity index (χ4n) is 6.74. The van der Waals surface area contributed by atoms with Gasteiger partial charge in [0.15, 0.2) is 0 Å². The van der Waals surface area contributed by atoms with Crippen LogP contribution in [0.4, 0.5) is 34.1 Å². The molecule has 0 heterocycles. The van der Waals surface area contributed by atoms with Crippen molar-refractivity contribution in [1.29, 1.82) is 0 Å². The van der Waals surface area contributed by atoms with E-state index in [9.17, 15) is 0 Å². The molecule has 0 unspecified atom stereocenters. The summed E-state index contributed by atoms with van der Waals surface area (Å²) in [5.41, 5.74) is 11.3. The number of fused-ring (bicyclic) bond motifs is 2. The van der Waals surface area contributed by atoms with Gasteiger partial charge in [-0.3, -0.25) is 0 Å². The minimum absolute atomic E-state index is 1.06. The first-order valence-electron chi connectivity index (χ1n) is 16.7. The van der Waals surface area contributed by atoms with Crippen LogP contribution in [0.25, 0.3) is 38.2 Å². The molecule has 49 heavy (non-hydrogen) atoms.